The zero-order valence-electron chi connectivity index (χ0n) is 17.8. The molecule has 1 saturated heterocycles. The second kappa shape index (κ2) is 9.22. The van der Waals surface area contributed by atoms with E-state index < -0.39 is 15.8 Å². The average molecular weight is 457 g/mol. The van der Waals surface area contributed by atoms with Gasteiger partial charge in [-0.15, -0.1) is 0 Å². The van der Waals surface area contributed by atoms with Gasteiger partial charge in [0.1, 0.15) is 11.5 Å². The molecule has 0 aliphatic carbocycles. The lowest BCUT2D eigenvalue weighted by Crippen LogP contribution is -2.35. The Labute approximate surface area is 186 Å². The van der Waals surface area contributed by atoms with Gasteiger partial charge in [0.15, 0.2) is 0 Å². The Morgan fingerprint density at radius 3 is 2.59 bits per heavy atom. The summed E-state index contributed by atoms with van der Waals surface area (Å²) >= 11 is 0. The highest BCUT2D eigenvalue weighted by Gasteiger charge is 2.26. The molecule has 2 aromatic carbocycles. The first-order valence-electron chi connectivity index (χ1n) is 10.5. The van der Waals surface area contributed by atoms with E-state index in [2.05, 4.69) is 10.4 Å². The number of nitrogens with one attached hydrogen (secondary N) is 1. The van der Waals surface area contributed by atoms with Crippen LogP contribution >= 0.6 is 0 Å². The fourth-order valence-electron chi connectivity index (χ4n) is 3.85. The summed E-state index contributed by atoms with van der Waals surface area (Å²) in [5.41, 5.74) is 1.77. The van der Waals surface area contributed by atoms with Crippen molar-refractivity contribution in [2.75, 3.05) is 13.1 Å². The highest BCUT2D eigenvalue weighted by molar-refractivity contribution is 7.89. The Hall–Kier alpha value is -3.04. The number of halogens is 1. The quantitative estimate of drug-likeness (QED) is 0.616. The third-order valence-corrected chi connectivity index (χ3v) is 7.53. The first kappa shape index (κ1) is 22.2. The van der Waals surface area contributed by atoms with Crippen LogP contribution < -0.4 is 5.32 Å². The third kappa shape index (κ3) is 4.44. The number of nitrogens with zero attached hydrogens (tertiary/aromatic N) is 3. The molecule has 0 radical (unpaired) electrons. The van der Waals surface area contributed by atoms with Crippen molar-refractivity contribution in [3.05, 3.63) is 77.4 Å². The number of amides is 1. The van der Waals surface area contributed by atoms with Crippen molar-refractivity contribution in [1.82, 2.24) is 19.4 Å². The smallest absolute Gasteiger partial charge is 0.255 e. The van der Waals surface area contributed by atoms with Crippen LogP contribution in [0.25, 0.3) is 5.69 Å². The number of para-hydroxylation sites is 1. The summed E-state index contributed by atoms with van der Waals surface area (Å²) in [4.78, 5) is 12.9. The lowest BCUT2D eigenvalue weighted by molar-refractivity contribution is 0.0950. The molecular weight excluding hydrogens is 431 g/mol. The molecule has 0 atom stereocenters. The number of benzene rings is 2. The summed E-state index contributed by atoms with van der Waals surface area (Å²) in [7, 11) is -3.54. The zero-order valence-corrected chi connectivity index (χ0v) is 18.6. The lowest BCUT2D eigenvalue weighted by Gasteiger charge is -2.26. The standard InChI is InChI=1S/C23H25FN4O3S/c1-17-20(16-26-28(17)22-11-4-3-10-21(22)24)23(29)25-15-18-8-7-9-19(14-18)32(30,31)27-12-5-2-6-13-27/h3-4,7-11,14,16H,2,5-6,12-13,15H2,1H3,(H,25,29). The molecule has 168 valence electrons. The Balaban J connectivity index is 1.47. The van der Waals surface area contributed by atoms with Crippen molar-refractivity contribution in [2.24, 2.45) is 0 Å². The molecule has 4 rings (SSSR count). The van der Waals surface area contributed by atoms with E-state index in [4.69, 9.17) is 0 Å². The van der Waals surface area contributed by atoms with Gasteiger partial charge in [0.25, 0.3) is 5.91 Å². The second-order valence-corrected chi connectivity index (χ2v) is 9.74. The van der Waals surface area contributed by atoms with Gasteiger partial charge in [-0.3, -0.25) is 4.79 Å². The van der Waals surface area contributed by atoms with Crippen molar-refractivity contribution < 1.29 is 17.6 Å². The summed E-state index contributed by atoms with van der Waals surface area (Å²) in [5, 5.41) is 6.95. The number of piperidine rings is 1. The minimum Gasteiger partial charge on any atom is -0.348 e. The zero-order chi connectivity index (χ0) is 22.7. The molecule has 1 fully saturated rings. The van der Waals surface area contributed by atoms with Crippen LogP contribution in [0.5, 0.6) is 0 Å². The van der Waals surface area contributed by atoms with Gasteiger partial charge >= 0.3 is 0 Å². The predicted octanol–water partition coefficient (Wildman–Crippen LogP) is 3.42. The van der Waals surface area contributed by atoms with E-state index in [0.29, 0.717) is 29.9 Å². The summed E-state index contributed by atoms with van der Waals surface area (Å²) < 4.78 is 42.8. The predicted molar refractivity (Wildman–Crippen MR) is 118 cm³/mol. The number of aromatic nitrogens is 2. The minimum absolute atomic E-state index is 0.159. The van der Waals surface area contributed by atoms with Crippen LogP contribution in [0, 0.1) is 12.7 Å². The van der Waals surface area contributed by atoms with Crippen molar-refractivity contribution >= 4 is 15.9 Å². The maximum Gasteiger partial charge on any atom is 0.255 e. The largest absolute Gasteiger partial charge is 0.348 e. The first-order valence-corrected chi connectivity index (χ1v) is 12.0. The molecular formula is C23H25FN4O3S. The molecule has 2 heterocycles. The molecule has 0 spiro atoms. The van der Waals surface area contributed by atoms with Gasteiger partial charge in [0.2, 0.25) is 10.0 Å². The number of carbonyl (C=O) groups is 1. The number of carbonyl (C=O) groups excluding carboxylic acids is 1. The van der Waals surface area contributed by atoms with Crippen molar-refractivity contribution in [1.29, 1.82) is 0 Å². The van der Waals surface area contributed by atoms with E-state index in [1.165, 1.54) is 21.3 Å². The Bertz CT molecular complexity index is 1230. The van der Waals surface area contributed by atoms with Crippen molar-refractivity contribution in [2.45, 2.75) is 37.6 Å². The number of rotatable bonds is 6. The summed E-state index contributed by atoms with van der Waals surface area (Å²) in [6, 6.07) is 12.8. The van der Waals surface area contributed by atoms with Gasteiger partial charge in [-0.2, -0.15) is 9.40 Å². The van der Waals surface area contributed by atoms with Crippen LogP contribution in [-0.2, 0) is 16.6 Å². The molecule has 0 unspecified atom stereocenters. The van der Waals surface area contributed by atoms with E-state index in [1.807, 2.05) is 0 Å². The van der Waals surface area contributed by atoms with Gasteiger partial charge in [-0.25, -0.2) is 17.5 Å². The molecule has 1 aromatic heterocycles. The Morgan fingerprint density at radius 2 is 1.84 bits per heavy atom. The van der Waals surface area contributed by atoms with Crippen LogP contribution in [0.1, 0.15) is 40.9 Å². The highest BCUT2D eigenvalue weighted by Crippen LogP contribution is 2.22. The van der Waals surface area contributed by atoms with Gasteiger partial charge in [-0.1, -0.05) is 30.7 Å². The molecule has 32 heavy (non-hydrogen) atoms. The molecule has 7 nitrogen and oxygen atoms in total. The fourth-order valence-corrected chi connectivity index (χ4v) is 5.43. The molecule has 1 aliphatic rings. The minimum atomic E-state index is -3.54. The topological polar surface area (TPSA) is 84.3 Å². The summed E-state index contributed by atoms with van der Waals surface area (Å²) in [5.74, 6) is -0.799. The molecule has 9 heteroatoms. The maximum atomic E-state index is 14.1. The molecule has 0 saturated carbocycles. The highest BCUT2D eigenvalue weighted by atomic mass is 32.2. The third-order valence-electron chi connectivity index (χ3n) is 5.64. The SMILES string of the molecule is Cc1c(C(=O)NCc2cccc(S(=O)(=O)N3CCCCC3)c2)cnn1-c1ccccc1F. The Kier molecular flexibility index (Phi) is 6.38. The normalized spacial score (nSPS) is 14.9. The summed E-state index contributed by atoms with van der Waals surface area (Å²) in [6.07, 6.45) is 4.18. The van der Waals surface area contributed by atoms with E-state index in [1.54, 1.807) is 49.4 Å². The molecule has 1 N–H and O–H groups in total. The van der Waals surface area contributed by atoms with E-state index in [-0.39, 0.29) is 23.0 Å². The monoisotopic (exact) mass is 456 g/mol. The molecule has 1 aliphatic heterocycles. The van der Waals surface area contributed by atoms with Crippen LogP contribution in [-0.4, -0.2) is 41.5 Å². The number of sulfonamides is 1. The maximum absolute atomic E-state index is 14.1. The van der Waals surface area contributed by atoms with E-state index in [0.717, 1.165) is 19.3 Å². The Morgan fingerprint density at radius 1 is 1.09 bits per heavy atom. The van der Waals surface area contributed by atoms with Gasteiger partial charge < -0.3 is 5.32 Å². The van der Waals surface area contributed by atoms with Gasteiger partial charge in [0.05, 0.1) is 22.3 Å². The molecule has 1 amide bonds. The summed E-state index contributed by atoms with van der Waals surface area (Å²) in [6.45, 7) is 2.93. The molecule has 0 bridgehead atoms. The molecule has 3 aromatic rings. The average Bonchev–Trinajstić information content (AvgIpc) is 3.19. The van der Waals surface area contributed by atoms with Crippen molar-refractivity contribution in [3.8, 4) is 5.69 Å². The second-order valence-electron chi connectivity index (χ2n) is 7.80. The lowest BCUT2D eigenvalue weighted by atomic mass is 10.2. The van der Waals surface area contributed by atoms with E-state index >= 15 is 0 Å². The van der Waals surface area contributed by atoms with Gasteiger partial charge in [0, 0.05) is 19.6 Å². The van der Waals surface area contributed by atoms with Crippen molar-refractivity contribution in [3.63, 3.8) is 0 Å². The first-order chi connectivity index (χ1) is 15.4. The van der Waals surface area contributed by atoms with Crippen LogP contribution in [0.3, 0.4) is 0 Å². The fraction of sp³-hybridized carbons (Fsp3) is 0.304. The number of hydrogen-bond acceptors (Lipinski definition) is 4. The van der Waals surface area contributed by atoms with Crippen LogP contribution in [0.2, 0.25) is 0 Å². The van der Waals surface area contributed by atoms with Gasteiger partial charge in [-0.05, 0) is 49.6 Å². The van der Waals surface area contributed by atoms with Crippen LogP contribution in [0.15, 0.2) is 59.6 Å². The van der Waals surface area contributed by atoms with Crippen LogP contribution in [0.4, 0.5) is 4.39 Å². The number of hydrogen-bond donors (Lipinski definition) is 1. The van der Waals surface area contributed by atoms with E-state index in [9.17, 15) is 17.6 Å².